The van der Waals surface area contributed by atoms with E-state index in [9.17, 15) is 8.42 Å². The summed E-state index contributed by atoms with van der Waals surface area (Å²) >= 11 is 0. The van der Waals surface area contributed by atoms with Crippen LogP contribution in [-0.4, -0.2) is 9.70 Å². The van der Waals surface area contributed by atoms with Crippen LogP contribution in [0.3, 0.4) is 0 Å². The lowest BCUT2D eigenvalue weighted by atomic mass is 15.8. The van der Waals surface area contributed by atoms with Crippen LogP contribution in [0.15, 0.2) is 0 Å². The van der Waals surface area contributed by atoms with Crippen molar-refractivity contribution in [3.05, 3.63) is 0 Å². The van der Waals surface area contributed by atoms with Gasteiger partial charge in [0, 0.05) is 20.1 Å². The van der Waals surface area contributed by atoms with Gasteiger partial charge in [0.15, 0.2) is 0 Å². The van der Waals surface area contributed by atoms with Crippen LogP contribution in [0.5, 0.6) is 0 Å². The first-order valence-electron chi connectivity index (χ1n) is 1.36. The van der Waals surface area contributed by atoms with Crippen molar-refractivity contribution < 1.29 is 12.4 Å². The predicted octanol–water partition coefficient (Wildman–Crippen LogP) is 0.277. The van der Waals surface area contributed by atoms with E-state index in [1.807, 2.05) is 0 Å². The first kappa shape index (κ1) is 4.78. The summed E-state index contributed by atoms with van der Waals surface area (Å²) in [6.07, 6.45) is 0. The predicted molar refractivity (Wildman–Crippen MR) is 25.6 cm³/mol. The summed E-state index contributed by atoms with van der Waals surface area (Å²) in [5.41, 5.74) is 0. The molecule has 0 rings (SSSR count). The van der Waals surface area contributed by atoms with Crippen molar-refractivity contribution in [3.63, 3.8) is 0 Å². The molecular formula is H2ClO3PS. The van der Waals surface area contributed by atoms with Crippen LogP contribution in [-0.2, 0) is 13.3 Å². The third kappa shape index (κ3) is 4.63. The minimum absolute atomic E-state index is 0.861. The average Bonchev–Trinajstić information content (AvgIpc) is 1.30. The Kier molecular flexibility index (Phi) is 1.65. The fraction of sp³-hybridized carbons (Fsp3) is 0. The molecule has 1 unspecified atom stereocenters. The molecule has 0 amide bonds. The smallest absolute Gasteiger partial charge is 0.242 e. The van der Waals surface area contributed by atoms with E-state index in [4.69, 9.17) is 1.28 Å². The van der Waals surface area contributed by atoms with Crippen LogP contribution in [0.4, 0.5) is 0 Å². The Hall–Kier alpha value is 0.630. The molecule has 0 saturated heterocycles. The molecule has 38 valence electrons. The third-order valence-electron chi connectivity index (χ3n) is 0.0995. The normalized spacial score (nSPS) is 15.8. The second-order valence-corrected chi connectivity index (χ2v) is 3.06. The molecular weight excluding hydrogens is 146 g/mol. The van der Waals surface area contributed by atoms with Crippen molar-refractivity contribution in [1.29, 1.82) is 1.28 Å². The van der Waals surface area contributed by atoms with Gasteiger partial charge in [0.25, 0.3) is 0 Å². The molecule has 0 N–H and O–H groups in total. The van der Waals surface area contributed by atoms with Crippen molar-refractivity contribution in [1.82, 2.24) is 0 Å². The van der Waals surface area contributed by atoms with Crippen LogP contribution in [0.1, 0.15) is 0 Å². The molecule has 0 radical (unpaired) electrons. The molecule has 1 atom stereocenters. The lowest BCUT2D eigenvalue weighted by Gasteiger charge is -1.80. The molecule has 0 heterocycles. The quantitative estimate of drug-likeness (QED) is 0.418. The molecule has 0 aliphatic rings. The summed E-state index contributed by atoms with van der Waals surface area (Å²) in [7, 11) is -0.268. The summed E-state index contributed by atoms with van der Waals surface area (Å²) < 4.78 is 29.2. The van der Waals surface area contributed by atoms with E-state index >= 15 is 0 Å². The van der Waals surface area contributed by atoms with Gasteiger partial charge in [-0.3, -0.25) is 0 Å². The molecule has 0 aliphatic heterocycles. The van der Waals surface area contributed by atoms with Gasteiger partial charge in [-0.1, -0.05) is 0 Å². The summed E-state index contributed by atoms with van der Waals surface area (Å²) in [6, 6.07) is 0. The number of hydrogen-bond acceptors (Lipinski definition) is 3. The van der Waals surface area contributed by atoms with Gasteiger partial charge >= 0.3 is 9.33 Å². The van der Waals surface area contributed by atoms with Gasteiger partial charge in [-0.2, -0.15) is 8.42 Å². The largest absolute Gasteiger partial charge is 0.358 e. The van der Waals surface area contributed by atoms with Crippen LogP contribution in [0, 0.1) is 0 Å². The molecule has 0 saturated carbocycles. The minimum Gasteiger partial charge on any atom is -0.242 e. The summed E-state index contributed by atoms with van der Waals surface area (Å²) in [6.45, 7) is 0. The molecule has 0 fully saturated rings. The lowest BCUT2D eigenvalue weighted by molar-refractivity contribution is 0.536. The monoisotopic (exact) mass is 149 g/mol. The highest BCUT2D eigenvalue weighted by atomic mass is 35.7. The molecule has 6 heteroatoms. The lowest BCUT2D eigenvalue weighted by Crippen LogP contribution is -1.81. The number of hydrogen-bond donors (Lipinski definition) is 0. The second kappa shape index (κ2) is 2.07. The molecule has 3 nitrogen and oxygen atoms in total. The van der Waals surface area contributed by atoms with Gasteiger partial charge in [0.2, 0.25) is 0 Å². The average molecular weight is 150 g/mol. The van der Waals surface area contributed by atoms with Crippen LogP contribution in [0.2, 0.25) is 0 Å². The fourth-order valence-electron chi connectivity index (χ4n) is 0. The summed E-state index contributed by atoms with van der Waals surface area (Å²) in [4.78, 5) is 0. The highest BCUT2D eigenvalue weighted by molar-refractivity contribution is 8.11. The molecule has 0 aromatic rings. The molecule has 0 bridgehead atoms. The zero-order valence-corrected chi connectivity index (χ0v) is 5.08. The zero-order valence-electron chi connectivity index (χ0n) is 3.51. The Morgan fingerprint density at radius 3 is 2.50 bits per heavy atom. The second-order valence-electron chi connectivity index (χ2n) is 0.476. The van der Waals surface area contributed by atoms with E-state index in [0.29, 0.717) is 0 Å². The molecule has 0 spiro atoms. The van der Waals surface area contributed by atoms with E-state index in [-0.39, 0.29) is 0 Å². The van der Waals surface area contributed by atoms with Crippen molar-refractivity contribution >= 4 is 29.4 Å². The van der Waals surface area contributed by atoms with Crippen LogP contribution < -0.4 is 0 Å². The Morgan fingerprint density at radius 1 is 2.00 bits per heavy atom. The van der Waals surface area contributed by atoms with Crippen LogP contribution in [0.25, 0.3) is 0 Å². The van der Waals surface area contributed by atoms with E-state index < -0.39 is 18.7 Å². The molecule has 0 aliphatic carbocycles. The van der Waals surface area contributed by atoms with Crippen LogP contribution >= 0.6 is 20.1 Å². The maximum atomic E-state index is 9.66. The Labute approximate surface area is 43.8 Å². The van der Waals surface area contributed by atoms with E-state index in [1.54, 1.807) is 0 Å². The van der Waals surface area contributed by atoms with Crippen molar-refractivity contribution in [3.8, 4) is 0 Å². The number of rotatable bonds is 2. The maximum Gasteiger partial charge on any atom is 0.358 e. The standard InChI is InChI=1S/ClH2O3PS/c1-6(2,3)4-5/h5H2/i5D. The van der Waals surface area contributed by atoms with Gasteiger partial charge in [-0.05, 0) is 0 Å². The highest BCUT2D eigenvalue weighted by Crippen LogP contribution is 2.01. The highest BCUT2D eigenvalue weighted by Gasteiger charge is 1.95. The SMILES string of the molecule is [2H]POS(=O)(=O)Cl. The third-order valence-corrected chi connectivity index (χ3v) is 1.46. The minimum atomic E-state index is -3.88. The molecule has 0 aromatic heterocycles. The van der Waals surface area contributed by atoms with E-state index in [0.717, 1.165) is 0 Å². The van der Waals surface area contributed by atoms with Gasteiger partial charge in [-0.25, -0.2) is 3.97 Å². The molecule has 6 heavy (non-hydrogen) atoms. The first-order chi connectivity index (χ1) is 3.06. The number of halogens is 1. The van der Waals surface area contributed by atoms with Gasteiger partial charge in [0.05, 0.1) is 1.28 Å². The van der Waals surface area contributed by atoms with Gasteiger partial charge in [0.1, 0.15) is 0 Å². The Morgan fingerprint density at radius 2 is 2.50 bits per heavy atom. The summed E-state index contributed by atoms with van der Waals surface area (Å²) in [5.74, 6) is 0. The van der Waals surface area contributed by atoms with Gasteiger partial charge < -0.3 is 0 Å². The van der Waals surface area contributed by atoms with E-state index in [1.165, 1.54) is 0 Å². The Balaban J connectivity index is 3.60. The topological polar surface area (TPSA) is 43.4 Å². The zero-order chi connectivity index (χ0) is 5.91. The van der Waals surface area contributed by atoms with Crippen molar-refractivity contribution in [2.75, 3.05) is 0 Å². The van der Waals surface area contributed by atoms with Gasteiger partial charge in [-0.15, -0.1) is 0 Å². The Bertz CT molecular complexity index is 128. The van der Waals surface area contributed by atoms with Crippen molar-refractivity contribution in [2.45, 2.75) is 0 Å². The molecule has 0 aromatic carbocycles. The van der Waals surface area contributed by atoms with E-state index in [2.05, 4.69) is 14.7 Å². The fourth-order valence-corrected chi connectivity index (χ4v) is 0. The van der Waals surface area contributed by atoms with Crippen molar-refractivity contribution in [2.24, 2.45) is 0 Å². The summed E-state index contributed by atoms with van der Waals surface area (Å²) in [5, 5.41) is 0. The first-order valence-corrected chi connectivity index (χ1v) is 3.50. The maximum absolute atomic E-state index is 9.66.